The molecule has 0 amide bonds. The van der Waals surface area contributed by atoms with E-state index in [1.54, 1.807) is 0 Å². The molecule has 1 fully saturated rings. The monoisotopic (exact) mass is 242 g/mol. The van der Waals surface area contributed by atoms with Gasteiger partial charge in [0.25, 0.3) is 0 Å². The van der Waals surface area contributed by atoms with Crippen LogP contribution in [0, 0.1) is 0 Å². The number of nitrogens with one attached hydrogen (secondary N) is 1. The Morgan fingerprint density at radius 1 is 1.53 bits per heavy atom. The topological polar surface area (TPSA) is 38.0 Å². The van der Waals surface area contributed by atoms with Gasteiger partial charge >= 0.3 is 0 Å². The number of rotatable bonds is 3. The summed E-state index contributed by atoms with van der Waals surface area (Å²) in [5.41, 5.74) is 7.46. The first-order valence-electron chi connectivity index (χ1n) is 5.17. The van der Waals surface area contributed by atoms with Crippen molar-refractivity contribution in [2.75, 3.05) is 23.3 Å². The van der Waals surface area contributed by atoms with Gasteiger partial charge in [0, 0.05) is 11.8 Å². The lowest BCUT2D eigenvalue weighted by Gasteiger charge is -2.14. The summed E-state index contributed by atoms with van der Waals surface area (Å²) in [5.74, 6) is 1.28. The van der Waals surface area contributed by atoms with Crippen molar-refractivity contribution in [3.05, 3.63) is 23.2 Å². The lowest BCUT2D eigenvalue weighted by molar-refractivity contribution is 0.806. The maximum absolute atomic E-state index is 6.07. The van der Waals surface area contributed by atoms with Crippen LogP contribution in [0.15, 0.2) is 18.2 Å². The second-order valence-corrected chi connectivity index (χ2v) is 5.54. The molecular formula is C11H15ClN2S. The van der Waals surface area contributed by atoms with Crippen LogP contribution in [0.1, 0.15) is 12.8 Å². The molecule has 1 unspecified atom stereocenters. The van der Waals surface area contributed by atoms with Crippen LogP contribution >= 0.6 is 23.4 Å². The van der Waals surface area contributed by atoms with Gasteiger partial charge in [-0.05, 0) is 30.7 Å². The Kier molecular flexibility index (Phi) is 3.65. The van der Waals surface area contributed by atoms with E-state index in [-0.39, 0.29) is 0 Å². The molecule has 0 aliphatic carbocycles. The number of thioether (sulfide) groups is 1. The number of nitrogens with two attached hydrogens (primary N) is 1. The number of hydrogen-bond donors (Lipinski definition) is 2. The molecule has 1 aromatic rings. The van der Waals surface area contributed by atoms with Gasteiger partial charge in [-0.3, -0.25) is 0 Å². The predicted octanol–water partition coefficient (Wildman–Crippen LogP) is 3.23. The van der Waals surface area contributed by atoms with E-state index in [1.165, 1.54) is 18.6 Å². The number of para-hydroxylation sites is 1. The van der Waals surface area contributed by atoms with Crippen LogP contribution in [0.25, 0.3) is 0 Å². The van der Waals surface area contributed by atoms with E-state index in [1.807, 2.05) is 30.0 Å². The minimum atomic E-state index is 0.706. The van der Waals surface area contributed by atoms with E-state index in [0.717, 1.165) is 17.9 Å². The Labute approximate surface area is 99.6 Å². The quantitative estimate of drug-likeness (QED) is 0.800. The fourth-order valence-electron chi connectivity index (χ4n) is 1.75. The van der Waals surface area contributed by atoms with E-state index >= 15 is 0 Å². The van der Waals surface area contributed by atoms with Crippen LogP contribution < -0.4 is 11.1 Å². The molecule has 2 nitrogen and oxygen atoms in total. The molecule has 1 atom stereocenters. The van der Waals surface area contributed by atoms with Crippen molar-refractivity contribution in [2.45, 2.75) is 18.1 Å². The minimum absolute atomic E-state index is 0.706. The zero-order valence-electron chi connectivity index (χ0n) is 8.50. The van der Waals surface area contributed by atoms with E-state index in [9.17, 15) is 0 Å². The number of anilines is 2. The Morgan fingerprint density at radius 2 is 2.40 bits per heavy atom. The Hall–Kier alpha value is -0.540. The SMILES string of the molecule is Nc1cccc(Cl)c1NCC1CCCS1. The zero-order chi connectivity index (χ0) is 10.7. The molecule has 3 N–H and O–H groups in total. The van der Waals surface area contributed by atoms with Gasteiger partial charge in [0.15, 0.2) is 0 Å². The molecule has 1 saturated heterocycles. The van der Waals surface area contributed by atoms with Gasteiger partial charge in [-0.15, -0.1) is 0 Å². The highest BCUT2D eigenvalue weighted by molar-refractivity contribution is 8.00. The van der Waals surface area contributed by atoms with Crippen LogP contribution in [0.5, 0.6) is 0 Å². The molecule has 0 bridgehead atoms. The first kappa shape index (κ1) is 11.0. The summed E-state index contributed by atoms with van der Waals surface area (Å²) in [6.07, 6.45) is 2.62. The summed E-state index contributed by atoms with van der Waals surface area (Å²) in [5, 5.41) is 4.76. The minimum Gasteiger partial charge on any atom is -0.397 e. The highest BCUT2D eigenvalue weighted by Gasteiger charge is 2.15. The summed E-state index contributed by atoms with van der Waals surface area (Å²) in [7, 11) is 0. The highest BCUT2D eigenvalue weighted by atomic mass is 35.5. The second-order valence-electron chi connectivity index (χ2n) is 3.72. The molecular weight excluding hydrogens is 228 g/mol. The molecule has 0 saturated carbocycles. The van der Waals surface area contributed by atoms with Gasteiger partial charge < -0.3 is 11.1 Å². The predicted molar refractivity (Wildman–Crippen MR) is 69.8 cm³/mol. The third-order valence-electron chi connectivity index (χ3n) is 2.58. The summed E-state index contributed by atoms with van der Waals surface area (Å²) in [6, 6.07) is 5.60. The van der Waals surface area contributed by atoms with Crippen LogP contribution in [-0.2, 0) is 0 Å². The van der Waals surface area contributed by atoms with Crippen molar-refractivity contribution >= 4 is 34.7 Å². The van der Waals surface area contributed by atoms with Crippen molar-refractivity contribution in [3.8, 4) is 0 Å². The van der Waals surface area contributed by atoms with Crippen molar-refractivity contribution in [1.82, 2.24) is 0 Å². The molecule has 1 heterocycles. The van der Waals surface area contributed by atoms with Crippen LogP contribution in [0.2, 0.25) is 5.02 Å². The Balaban J connectivity index is 1.97. The smallest absolute Gasteiger partial charge is 0.0763 e. The van der Waals surface area contributed by atoms with Crippen molar-refractivity contribution < 1.29 is 0 Å². The van der Waals surface area contributed by atoms with Crippen LogP contribution in [-0.4, -0.2) is 17.5 Å². The summed E-state index contributed by atoms with van der Waals surface area (Å²) in [4.78, 5) is 0. The summed E-state index contributed by atoms with van der Waals surface area (Å²) >= 11 is 8.09. The number of halogens is 1. The molecule has 15 heavy (non-hydrogen) atoms. The van der Waals surface area contributed by atoms with E-state index in [0.29, 0.717) is 10.3 Å². The summed E-state index contributed by atoms with van der Waals surface area (Å²) < 4.78 is 0. The van der Waals surface area contributed by atoms with Gasteiger partial charge in [0.2, 0.25) is 0 Å². The number of benzene rings is 1. The Bertz CT molecular complexity index is 317. The van der Waals surface area contributed by atoms with Crippen molar-refractivity contribution in [3.63, 3.8) is 0 Å². The second kappa shape index (κ2) is 4.99. The highest BCUT2D eigenvalue weighted by Crippen LogP contribution is 2.30. The van der Waals surface area contributed by atoms with E-state index in [2.05, 4.69) is 5.32 Å². The molecule has 1 aliphatic heterocycles. The van der Waals surface area contributed by atoms with Crippen LogP contribution in [0.3, 0.4) is 0 Å². The number of hydrogen-bond acceptors (Lipinski definition) is 3. The Morgan fingerprint density at radius 3 is 3.07 bits per heavy atom. The standard InChI is InChI=1S/C11H15ClN2S/c12-9-4-1-5-10(13)11(9)14-7-8-3-2-6-15-8/h1,4-5,8,14H,2-3,6-7,13H2. The van der Waals surface area contributed by atoms with Crippen molar-refractivity contribution in [2.24, 2.45) is 0 Å². The van der Waals surface area contributed by atoms with E-state index < -0.39 is 0 Å². The van der Waals surface area contributed by atoms with Crippen molar-refractivity contribution in [1.29, 1.82) is 0 Å². The average molecular weight is 243 g/mol. The van der Waals surface area contributed by atoms with Crippen LogP contribution in [0.4, 0.5) is 11.4 Å². The molecule has 4 heteroatoms. The molecule has 1 aliphatic rings. The van der Waals surface area contributed by atoms with Gasteiger partial charge in [-0.1, -0.05) is 17.7 Å². The van der Waals surface area contributed by atoms with E-state index in [4.69, 9.17) is 17.3 Å². The molecule has 1 aromatic carbocycles. The normalized spacial score (nSPS) is 20.5. The fourth-order valence-corrected chi connectivity index (χ4v) is 3.20. The van der Waals surface area contributed by atoms with Gasteiger partial charge in [0.05, 0.1) is 16.4 Å². The molecule has 2 rings (SSSR count). The third kappa shape index (κ3) is 2.73. The third-order valence-corrected chi connectivity index (χ3v) is 4.29. The lowest BCUT2D eigenvalue weighted by Crippen LogP contribution is -2.14. The average Bonchev–Trinajstić information content (AvgIpc) is 2.70. The molecule has 82 valence electrons. The summed E-state index contributed by atoms with van der Waals surface area (Å²) in [6.45, 7) is 0.957. The fraction of sp³-hybridized carbons (Fsp3) is 0.455. The maximum atomic E-state index is 6.07. The molecule has 0 spiro atoms. The van der Waals surface area contributed by atoms with Gasteiger partial charge in [-0.25, -0.2) is 0 Å². The first-order valence-corrected chi connectivity index (χ1v) is 6.59. The first-order chi connectivity index (χ1) is 7.27. The largest absolute Gasteiger partial charge is 0.397 e. The number of nitrogen functional groups attached to an aromatic ring is 1. The lowest BCUT2D eigenvalue weighted by atomic mass is 10.2. The van der Waals surface area contributed by atoms with Gasteiger partial charge in [-0.2, -0.15) is 11.8 Å². The molecule has 0 aromatic heterocycles. The zero-order valence-corrected chi connectivity index (χ0v) is 10.1. The van der Waals surface area contributed by atoms with Gasteiger partial charge in [0.1, 0.15) is 0 Å². The maximum Gasteiger partial charge on any atom is 0.0763 e. The molecule has 0 radical (unpaired) electrons.